The quantitative estimate of drug-likeness (QED) is 0.677. The standard InChI is InChI=1S/C11H14O3/c1-5-3-7-4-8(5)9(6(2)12)10(7)11(13)14/h3,7-10H,4H2,1-2H3,(H,13,14). The molecule has 0 amide bonds. The lowest BCUT2D eigenvalue weighted by Crippen LogP contribution is -2.32. The minimum atomic E-state index is -0.818. The number of rotatable bonds is 2. The number of ketones is 1. The first kappa shape index (κ1) is 9.44. The van der Waals surface area contributed by atoms with Crippen molar-refractivity contribution in [2.24, 2.45) is 23.7 Å². The molecule has 4 atom stereocenters. The number of Topliss-reactive ketones (excluding diaryl/α,β-unsaturated/α-hetero) is 1. The van der Waals surface area contributed by atoms with Crippen molar-refractivity contribution >= 4 is 11.8 Å². The van der Waals surface area contributed by atoms with Crippen LogP contribution in [-0.2, 0) is 9.59 Å². The number of allylic oxidation sites excluding steroid dienone is 2. The number of hydrogen-bond acceptors (Lipinski definition) is 2. The Balaban J connectivity index is 2.35. The molecule has 4 unspecified atom stereocenters. The molecule has 0 spiro atoms. The molecule has 0 aliphatic heterocycles. The summed E-state index contributed by atoms with van der Waals surface area (Å²) in [6.45, 7) is 3.51. The summed E-state index contributed by atoms with van der Waals surface area (Å²) in [7, 11) is 0. The summed E-state index contributed by atoms with van der Waals surface area (Å²) in [4.78, 5) is 22.4. The van der Waals surface area contributed by atoms with E-state index < -0.39 is 11.9 Å². The second kappa shape index (κ2) is 2.94. The van der Waals surface area contributed by atoms with E-state index in [-0.39, 0.29) is 23.5 Å². The Morgan fingerprint density at radius 3 is 2.57 bits per heavy atom. The van der Waals surface area contributed by atoms with Crippen LogP contribution in [0.1, 0.15) is 20.3 Å². The molecule has 3 heteroatoms. The Morgan fingerprint density at radius 2 is 2.07 bits per heavy atom. The fourth-order valence-electron chi connectivity index (χ4n) is 3.08. The second-order valence-corrected chi connectivity index (χ2v) is 4.42. The van der Waals surface area contributed by atoms with Gasteiger partial charge < -0.3 is 5.11 Å². The van der Waals surface area contributed by atoms with E-state index in [1.165, 1.54) is 12.5 Å². The van der Waals surface area contributed by atoms with Crippen molar-refractivity contribution in [2.75, 3.05) is 0 Å². The van der Waals surface area contributed by atoms with Gasteiger partial charge in [0.25, 0.3) is 0 Å². The van der Waals surface area contributed by atoms with Gasteiger partial charge in [0.05, 0.1) is 5.92 Å². The van der Waals surface area contributed by atoms with Crippen LogP contribution in [0.15, 0.2) is 11.6 Å². The number of carbonyl (C=O) groups excluding carboxylic acids is 1. The van der Waals surface area contributed by atoms with Crippen LogP contribution in [0.3, 0.4) is 0 Å². The molecular formula is C11H14O3. The van der Waals surface area contributed by atoms with Crippen molar-refractivity contribution in [1.29, 1.82) is 0 Å². The normalized spacial score (nSPS) is 39.7. The number of carbonyl (C=O) groups is 2. The van der Waals surface area contributed by atoms with Gasteiger partial charge in [0, 0.05) is 5.92 Å². The zero-order valence-electron chi connectivity index (χ0n) is 8.36. The Morgan fingerprint density at radius 1 is 1.43 bits per heavy atom. The minimum absolute atomic E-state index is 0.0253. The van der Waals surface area contributed by atoms with Crippen LogP contribution in [0.4, 0.5) is 0 Å². The van der Waals surface area contributed by atoms with Gasteiger partial charge in [-0.25, -0.2) is 0 Å². The van der Waals surface area contributed by atoms with Crippen LogP contribution in [0.5, 0.6) is 0 Å². The van der Waals surface area contributed by atoms with E-state index in [4.69, 9.17) is 5.11 Å². The first-order valence-corrected chi connectivity index (χ1v) is 4.94. The molecule has 1 N–H and O–H groups in total. The molecule has 1 saturated carbocycles. The number of carboxylic acid groups (broad SMARTS) is 1. The first-order valence-electron chi connectivity index (χ1n) is 4.94. The van der Waals surface area contributed by atoms with Crippen molar-refractivity contribution in [3.8, 4) is 0 Å². The van der Waals surface area contributed by atoms with Crippen molar-refractivity contribution in [3.63, 3.8) is 0 Å². The van der Waals surface area contributed by atoms with E-state index in [0.29, 0.717) is 0 Å². The van der Waals surface area contributed by atoms with Gasteiger partial charge in [-0.2, -0.15) is 0 Å². The number of hydrogen-bond donors (Lipinski definition) is 1. The Kier molecular flexibility index (Phi) is 1.98. The highest BCUT2D eigenvalue weighted by Gasteiger charge is 2.52. The molecule has 2 aliphatic rings. The van der Waals surface area contributed by atoms with Crippen LogP contribution in [0.25, 0.3) is 0 Å². The molecule has 0 saturated heterocycles. The zero-order chi connectivity index (χ0) is 10.5. The average molecular weight is 194 g/mol. The predicted molar refractivity (Wildman–Crippen MR) is 50.7 cm³/mol. The summed E-state index contributed by atoms with van der Waals surface area (Å²) in [5.41, 5.74) is 1.20. The third kappa shape index (κ3) is 1.11. The van der Waals surface area contributed by atoms with E-state index in [0.717, 1.165) is 6.42 Å². The summed E-state index contributed by atoms with van der Waals surface area (Å²) in [5.74, 6) is -1.26. The summed E-state index contributed by atoms with van der Waals surface area (Å²) in [6, 6.07) is 0. The van der Waals surface area contributed by atoms with Gasteiger partial charge in [-0.15, -0.1) is 0 Å². The van der Waals surface area contributed by atoms with Gasteiger partial charge in [-0.05, 0) is 32.1 Å². The maximum Gasteiger partial charge on any atom is 0.307 e. The van der Waals surface area contributed by atoms with Crippen LogP contribution in [-0.4, -0.2) is 16.9 Å². The van der Waals surface area contributed by atoms with E-state index >= 15 is 0 Å². The van der Waals surface area contributed by atoms with Crippen LogP contribution in [0, 0.1) is 23.7 Å². The molecule has 2 aliphatic carbocycles. The van der Waals surface area contributed by atoms with E-state index in [1.54, 1.807) is 0 Å². The summed E-state index contributed by atoms with van der Waals surface area (Å²) >= 11 is 0. The van der Waals surface area contributed by atoms with Gasteiger partial charge in [0.2, 0.25) is 0 Å². The molecule has 14 heavy (non-hydrogen) atoms. The molecule has 76 valence electrons. The monoisotopic (exact) mass is 194 g/mol. The molecule has 0 aromatic heterocycles. The fraction of sp³-hybridized carbons (Fsp3) is 0.636. The number of carboxylic acids is 1. The fourth-order valence-corrected chi connectivity index (χ4v) is 3.08. The topological polar surface area (TPSA) is 54.4 Å². The lowest BCUT2D eigenvalue weighted by molar-refractivity contribution is -0.147. The Bertz CT molecular complexity index is 329. The molecular weight excluding hydrogens is 180 g/mol. The predicted octanol–water partition coefficient (Wildman–Crippen LogP) is 1.49. The van der Waals surface area contributed by atoms with Gasteiger partial charge >= 0.3 is 5.97 Å². The van der Waals surface area contributed by atoms with Gasteiger partial charge in [0.15, 0.2) is 0 Å². The minimum Gasteiger partial charge on any atom is -0.481 e. The molecule has 0 aromatic rings. The van der Waals surface area contributed by atoms with Crippen molar-refractivity contribution in [3.05, 3.63) is 11.6 Å². The maximum absolute atomic E-state index is 11.4. The van der Waals surface area contributed by atoms with Crippen molar-refractivity contribution in [1.82, 2.24) is 0 Å². The van der Waals surface area contributed by atoms with E-state index in [1.807, 2.05) is 13.0 Å². The third-order valence-corrected chi connectivity index (χ3v) is 3.62. The SMILES string of the molecule is CC(=O)C1C2CC(C=C2C)C1C(=O)O. The lowest BCUT2D eigenvalue weighted by Gasteiger charge is -2.24. The van der Waals surface area contributed by atoms with Crippen molar-refractivity contribution in [2.45, 2.75) is 20.3 Å². The number of fused-ring (bicyclic) bond motifs is 2. The highest BCUT2D eigenvalue weighted by atomic mass is 16.4. The lowest BCUT2D eigenvalue weighted by atomic mass is 9.78. The van der Waals surface area contributed by atoms with Gasteiger partial charge in [0.1, 0.15) is 5.78 Å². The molecule has 0 radical (unpaired) electrons. The zero-order valence-corrected chi connectivity index (χ0v) is 8.36. The average Bonchev–Trinajstić information content (AvgIpc) is 2.58. The third-order valence-electron chi connectivity index (χ3n) is 3.62. The van der Waals surface area contributed by atoms with Crippen LogP contribution in [0.2, 0.25) is 0 Å². The second-order valence-electron chi connectivity index (χ2n) is 4.42. The smallest absolute Gasteiger partial charge is 0.307 e. The molecule has 1 fully saturated rings. The van der Waals surface area contributed by atoms with E-state index in [9.17, 15) is 9.59 Å². The molecule has 0 aromatic carbocycles. The highest BCUT2D eigenvalue weighted by Crippen LogP contribution is 2.51. The Hall–Kier alpha value is -1.12. The van der Waals surface area contributed by atoms with Crippen LogP contribution < -0.4 is 0 Å². The van der Waals surface area contributed by atoms with E-state index in [2.05, 4.69) is 0 Å². The summed E-state index contributed by atoms with van der Waals surface area (Å²) < 4.78 is 0. The largest absolute Gasteiger partial charge is 0.481 e. The van der Waals surface area contributed by atoms with Gasteiger partial charge in [-0.3, -0.25) is 9.59 Å². The van der Waals surface area contributed by atoms with Gasteiger partial charge in [-0.1, -0.05) is 11.6 Å². The first-order chi connectivity index (χ1) is 6.52. The summed E-state index contributed by atoms with van der Waals surface area (Å²) in [5, 5.41) is 9.06. The summed E-state index contributed by atoms with van der Waals surface area (Å²) in [6.07, 6.45) is 2.88. The number of aliphatic carboxylic acids is 1. The van der Waals surface area contributed by atoms with Crippen molar-refractivity contribution < 1.29 is 14.7 Å². The van der Waals surface area contributed by atoms with Crippen LogP contribution >= 0.6 is 0 Å². The molecule has 0 heterocycles. The molecule has 2 bridgehead atoms. The molecule has 3 nitrogen and oxygen atoms in total. The molecule has 2 rings (SSSR count). The maximum atomic E-state index is 11.4. The Labute approximate surface area is 82.8 Å². The highest BCUT2D eigenvalue weighted by molar-refractivity contribution is 5.86.